The lowest BCUT2D eigenvalue weighted by atomic mass is 9.53. The minimum absolute atomic E-state index is 0.308. The predicted octanol–water partition coefficient (Wildman–Crippen LogP) is 4.05. The van der Waals surface area contributed by atoms with Gasteiger partial charge in [0.2, 0.25) is 0 Å². The Balaban J connectivity index is 1.22. The third kappa shape index (κ3) is 3.36. The Bertz CT molecular complexity index is 699. The van der Waals surface area contributed by atoms with E-state index in [2.05, 4.69) is 34.2 Å². The van der Waals surface area contributed by atoms with Gasteiger partial charge in [0, 0.05) is 36.9 Å². The van der Waals surface area contributed by atoms with Crippen LogP contribution in [0.4, 0.5) is 5.69 Å². The van der Waals surface area contributed by atoms with Crippen LogP contribution in [0.15, 0.2) is 24.3 Å². The van der Waals surface area contributed by atoms with Crippen molar-refractivity contribution < 1.29 is 4.74 Å². The van der Waals surface area contributed by atoms with Gasteiger partial charge in [0.05, 0.1) is 7.11 Å². The van der Waals surface area contributed by atoms with Gasteiger partial charge in [-0.05, 0) is 99.7 Å². The van der Waals surface area contributed by atoms with Gasteiger partial charge in [-0.1, -0.05) is 0 Å². The molecule has 4 nitrogen and oxygen atoms in total. The normalized spacial score (nSPS) is 36.5. The highest BCUT2D eigenvalue weighted by molar-refractivity contribution is 7.80. The van der Waals surface area contributed by atoms with E-state index >= 15 is 0 Å². The van der Waals surface area contributed by atoms with Crippen molar-refractivity contribution >= 4 is 23.0 Å². The first-order chi connectivity index (χ1) is 13.5. The van der Waals surface area contributed by atoms with Crippen molar-refractivity contribution in [1.29, 1.82) is 0 Å². The average molecular weight is 400 g/mol. The Morgan fingerprint density at radius 2 is 1.64 bits per heavy atom. The molecule has 0 aromatic heterocycles. The minimum atomic E-state index is 0.308. The fourth-order valence-corrected chi connectivity index (χ4v) is 7.25. The zero-order valence-electron chi connectivity index (χ0n) is 17.2. The Labute approximate surface area is 174 Å². The largest absolute Gasteiger partial charge is 0.497 e. The number of piperazine rings is 1. The molecule has 0 amide bonds. The number of hydrogen-bond acceptors (Lipinski definition) is 3. The van der Waals surface area contributed by atoms with E-state index in [4.69, 9.17) is 17.0 Å². The van der Waals surface area contributed by atoms with Crippen molar-refractivity contribution in [2.75, 3.05) is 31.6 Å². The summed E-state index contributed by atoms with van der Waals surface area (Å²) in [5.74, 6) is 3.77. The van der Waals surface area contributed by atoms with Crippen molar-refractivity contribution in [3.8, 4) is 5.75 Å². The lowest BCUT2D eigenvalue weighted by molar-refractivity contribution is -0.0113. The summed E-state index contributed by atoms with van der Waals surface area (Å²) in [4.78, 5) is 4.90. The minimum Gasteiger partial charge on any atom is -0.497 e. The second-order valence-corrected chi connectivity index (χ2v) is 10.2. The first-order valence-electron chi connectivity index (χ1n) is 11.0. The molecule has 1 unspecified atom stereocenters. The van der Waals surface area contributed by atoms with Crippen molar-refractivity contribution in [2.24, 2.45) is 17.8 Å². The molecule has 0 radical (unpaired) electrons. The van der Waals surface area contributed by atoms with Gasteiger partial charge in [-0.25, -0.2) is 0 Å². The molecule has 1 atom stereocenters. The Morgan fingerprint density at radius 3 is 2.18 bits per heavy atom. The van der Waals surface area contributed by atoms with Gasteiger partial charge in [0.15, 0.2) is 5.11 Å². The van der Waals surface area contributed by atoms with Gasteiger partial charge in [0.1, 0.15) is 5.75 Å². The Kier molecular flexibility index (Phi) is 4.69. The molecule has 1 aromatic rings. The van der Waals surface area contributed by atoms with Gasteiger partial charge in [-0.15, -0.1) is 0 Å². The summed E-state index contributed by atoms with van der Waals surface area (Å²) >= 11 is 5.93. The fourth-order valence-electron chi connectivity index (χ4n) is 6.87. The van der Waals surface area contributed by atoms with E-state index in [0.29, 0.717) is 11.6 Å². The van der Waals surface area contributed by atoms with E-state index in [9.17, 15) is 0 Å². The second-order valence-electron chi connectivity index (χ2n) is 9.81. The third-order valence-corrected chi connectivity index (χ3v) is 8.09. The predicted molar refractivity (Wildman–Crippen MR) is 118 cm³/mol. The van der Waals surface area contributed by atoms with Gasteiger partial charge in [-0.3, -0.25) is 0 Å². The summed E-state index contributed by atoms with van der Waals surface area (Å²) in [7, 11) is 1.72. The number of ether oxygens (including phenoxy) is 1. The first-order valence-corrected chi connectivity index (χ1v) is 11.4. The number of benzene rings is 1. The van der Waals surface area contributed by atoms with Gasteiger partial charge >= 0.3 is 0 Å². The maximum absolute atomic E-state index is 5.93. The smallest absolute Gasteiger partial charge is 0.169 e. The van der Waals surface area contributed by atoms with E-state index in [0.717, 1.165) is 48.2 Å². The highest BCUT2D eigenvalue weighted by Crippen LogP contribution is 2.55. The van der Waals surface area contributed by atoms with Crippen LogP contribution in [0.5, 0.6) is 5.75 Å². The number of thiocarbonyl (C=S) groups is 1. The lowest BCUT2D eigenvalue weighted by Gasteiger charge is -2.57. The molecule has 4 aliphatic carbocycles. The maximum atomic E-state index is 5.93. The quantitative estimate of drug-likeness (QED) is 0.774. The van der Waals surface area contributed by atoms with E-state index in [1.54, 1.807) is 7.11 Å². The van der Waals surface area contributed by atoms with Crippen molar-refractivity contribution in [1.82, 2.24) is 10.2 Å². The number of hydrogen-bond donors (Lipinski definition) is 1. The summed E-state index contributed by atoms with van der Waals surface area (Å²) in [5, 5.41) is 4.91. The molecule has 1 heterocycles. The van der Waals surface area contributed by atoms with Crippen LogP contribution in [0.25, 0.3) is 0 Å². The molecule has 1 aromatic carbocycles. The molecule has 5 aliphatic rings. The topological polar surface area (TPSA) is 27.7 Å². The molecule has 1 N–H and O–H groups in total. The number of nitrogens with zero attached hydrogens (tertiary/aromatic N) is 2. The molecular weight excluding hydrogens is 366 g/mol. The molecule has 1 aliphatic heterocycles. The fraction of sp³-hybridized carbons (Fsp3) is 0.696. The molecule has 4 saturated carbocycles. The third-order valence-electron chi connectivity index (χ3n) is 7.73. The molecule has 152 valence electrons. The van der Waals surface area contributed by atoms with Crippen LogP contribution in [-0.4, -0.2) is 48.3 Å². The van der Waals surface area contributed by atoms with Gasteiger partial charge in [-0.2, -0.15) is 0 Å². The number of methoxy groups -OCH3 is 1. The molecule has 4 bridgehead atoms. The molecule has 5 heteroatoms. The zero-order valence-corrected chi connectivity index (χ0v) is 18.0. The molecule has 6 rings (SSSR count). The summed E-state index contributed by atoms with van der Waals surface area (Å²) in [5.41, 5.74) is 1.58. The Morgan fingerprint density at radius 1 is 1.04 bits per heavy atom. The van der Waals surface area contributed by atoms with Crippen LogP contribution < -0.4 is 15.0 Å². The lowest BCUT2D eigenvalue weighted by Crippen LogP contribution is -2.64. The Hall–Kier alpha value is -1.49. The number of nitrogens with one attached hydrogen (secondary N) is 1. The van der Waals surface area contributed by atoms with Gasteiger partial charge in [0.25, 0.3) is 0 Å². The molecule has 0 spiro atoms. The van der Waals surface area contributed by atoms with Crippen LogP contribution in [0.3, 0.4) is 0 Å². The van der Waals surface area contributed by atoms with Crippen LogP contribution in [0, 0.1) is 17.8 Å². The monoisotopic (exact) mass is 399 g/mol. The standard InChI is InChI=1S/C23H33N3OS/c1-16-15-25(7-8-26(16)20-3-5-21(27-2)6-4-20)22(28)24-23-12-17-9-18(13-23)11-19(10-17)14-23/h3-6,16-19H,7-15H2,1-2H3,(H,24,28). The van der Waals surface area contributed by atoms with Crippen LogP contribution >= 0.6 is 12.2 Å². The van der Waals surface area contributed by atoms with Crippen LogP contribution in [0.1, 0.15) is 45.4 Å². The van der Waals surface area contributed by atoms with Gasteiger partial charge < -0.3 is 19.9 Å². The second kappa shape index (κ2) is 7.08. The zero-order chi connectivity index (χ0) is 19.3. The average Bonchev–Trinajstić information content (AvgIpc) is 2.66. The van der Waals surface area contributed by atoms with E-state index in [1.165, 1.54) is 44.2 Å². The highest BCUT2D eigenvalue weighted by atomic mass is 32.1. The summed E-state index contributed by atoms with van der Waals surface area (Å²) in [6.45, 7) is 5.30. The van der Waals surface area contributed by atoms with Crippen LogP contribution in [-0.2, 0) is 0 Å². The highest BCUT2D eigenvalue weighted by Gasteiger charge is 2.51. The molecular formula is C23H33N3OS. The number of rotatable bonds is 3. The molecule has 5 fully saturated rings. The summed E-state index contributed by atoms with van der Waals surface area (Å²) < 4.78 is 5.29. The van der Waals surface area contributed by atoms with E-state index in [1.807, 2.05) is 12.1 Å². The van der Waals surface area contributed by atoms with Crippen molar-refractivity contribution in [3.05, 3.63) is 24.3 Å². The van der Waals surface area contributed by atoms with E-state index in [-0.39, 0.29) is 0 Å². The van der Waals surface area contributed by atoms with Crippen molar-refractivity contribution in [3.63, 3.8) is 0 Å². The first kappa shape index (κ1) is 18.5. The maximum Gasteiger partial charge on any atom is 0.169 e. The SMILES string of the molecule is COc1ccc(N2CCN(C(=S)NC34CC5CC(CC(C5)C3)C4)CC2C)cc1. The number of anilines is 1. The summed E-state index contributed by atoms with van der Waals surface area (Å²) in [6, 6.07) is 8.87. The van der Waals surface area contributed by atoms with E-state index < -0.39 is 0 Å². The molecule has 28 heavy (non-hydrogen) atoms. The molecule has 1 saturated heterocycles. The van der Waals surface area contributed by atoms with Crippen LogP contribution in [0.2, 0.25) is 0 Å². The van der Waals surface area contributed by atoms with Crippen molar-refractivity contribution in [2.45, 2.75) is 57.0 Å². The summed E-state index contributed by atoms with van der Waals surface area (Å²) in [6.07, 6.45) is 8.48.